The van der Waals surface area contributed by atoms with E-state index < -0.39 is 6.10 Å². The van der Waals surface area contributed by atoms with Crippen LogP contribution < -0.4 is 0 Å². The van der Waals surface area contributed by atoms with Crippen molar-refractivity contribution < 1.29 is 10.2 Å². The molecule has 0 saturated heterocycles. The first-order valence-corrected chi connectivity index (χ1v) is 3.90. The van der Waals surface area contributed by atoms with Gasteiger partial charge in [-0.05, 0) is 26.2 Å². The zero-order valence-electron chi connectivity index (χ0n) is 6.82. The topological polar surface area (TPSA) is 64.2 Å². The van der Waals surface area contributed by atoms with E-state index in [9.17, 15) is 0 Å². The van der Waals surface area contributed by atoms with Gasteiger partial charge in [-0.2, -0.15) is 5.26 Å². The van der Waals surface area contributed by atoms with Gasteiger partial charge in [0.05, 0.1) is 24.7 Å². The molecule has 0 spiro atoms. The second kappa shape index (κ2) is 6.14. The minimum Gasteiger partial charge on any atom is -0.393 e. The minimum absolute atomic E-state index is 0.194. The summed E-state index contributed by atoms with van der Waals surface area (Å²) in [6, 6.07) is 1.89. The monoisotopic (exact) mass is 157 g/mol. The molecule has 0 rings (SSSR count). The Bertz CT molecular complexity index is 129. The fourth-order valence-electron chi connectivity index (χ4n) is 0.856. The Labute approximate surface area is 67.3 Å². The molecule has 11 heavy (non-hydrogen) atoms. The van der Waals surface area contributed by atoms with E-state index in [0.717, 1.165) is 6.42 Å². The molecule has 0 aromatic carbocycles. The van der Waals surface area contributed by atoms with Crippen LogP contribution in [0, 0.1) is 11.3 Å². The molecule has 3 heteroatoms. The quantitative estimate of drug-likeness (QED) is 0.620. The smallest absolute Gasteiger partial charge is 0.0670 e. The molecule has 0 bridgehead atoms. The van der Waals surface area contributed by atoms with E-state index >= 15 is 0 Å². The van der Waals surface area contributed by atoms with Gasteiger partial charge in [0.25, 0.3) is 0 Å². The Morgan fingerprint density at radius 1 is 1.36 bits per heavy atom. The second-order valence-corrected chi connectivity index (χ2v) is 2.80. The number of rotatable bonds is 5. The highest BCUT2D eigenvalue weighted by molar-refractivity contribution is 4.74. The van der Waals surface area contributed by atoms with Crippen LogP contribution in [-0.2, 0) is 0 Å². The van der Waals surface area contributed by atoms with Gasteiger partial charge < -0.3 is 10.2 Å². The molecule has 3 nitrogen and oxygen atoms in total. The van der Waals surface area contributed by atoms with Gasteiger partial charge in [-0.3, -0.25) is 0 Å². The van der Waals surface area contributed by atoms with E-state index in [1.165, 1.54) is 0 Å². The van der Waals surface area contributed by atoms with Crippen LogP contribution in [0.5, 0.6) is 0 Å². The van der Waals surface area contributed by atoms with E-state index in [-0.39, 0.29) is 12.5 Å². The lowest BCUT2D eigenvalue weighted by molar-refractivity contribution is 0.145. The Morgan fingerprint density at radius 3 is 2.45 bits per heavy atom. The third kappa shape index (κ3) is 7.31. The summed E-state index contributed by atoms with van der Waals surface area (Å²) in [4.78, 5) is 0. The first-order valence-electron chi connectivity index (χ1n) is 3.90. The molecule has 0 aliphatic rings. The summed E-state index contributed by atoms with van der Waals surface area (Å²) < 4.78 is 0. The third-order valence-corrected chi connectivity index (χ3v) is 1.49. The summed E-state index contributed by atoms with van der Waals surface area (Å²) in [7, 11) is 0. The molecule has 0 unspecified atom stereocenters. The first-order chi connectivity index (χ1) is 5.16. The van der Waals surface area contributed by atoms with Crippen LogP contribution in [0.15, 0.2) is 0 Å². The van der Waals surface area contributed by atoms with Gasteiger partial charge in [-0.15, -0.1) is 0 Å². The van der Waals surface area contributed by atoms with Crippen LogP contribution in [0.3, 0.4) is 0 Å². The summed E-state index contributed by atoms with van der Waals surface area (Å²) in [6.07, 6.45) is 1.46. The normalized spacial score (nSPS) is 15.5. The predicted molar refractivity (Wildman–Crippen MR) is 41.8 cm³/mol. The van der Waals surface area contributed by atoms with Crippen LogP contribution in [0.1, 0.15) is 32.6 Å². The van der Waals surface area contributed by atoms with Gasteiger partial charge >= 0.3 is 0 Å². The molecule has 0 aliphatic heterocycles. The lowest BCUT2D eigenvalue weighted by Crippen LogP contribution is -2.07. The van der Waals surface area contributed by atoms with Crippen molar-refractivity contribution in [2.45, 2.75) is 44.8 Å². The van der Waals surface area contributed by atoms with Crippen LogP contribution in [0.2, 0.25) is 0 Å². The summed E-state index contributed by atoms with van der Waals surface area (Å²) >= 11 is 0. The Morgan fingerprint density at radius 2 is 2.00 bits per heavy atom. The van der Waals surface area contributed by atoms with Crippen LogP contribution in [0.4, 0.5) is 0 Å². The van der Waals surface area contributed by atoms with E-state index in [2.05, 4.69) is 0 Å². The molecular weight excluding hydrogens is 142 g/mol. The molecule has 0 saturated carbocycles. The summed E-state index contributed by atoms with van der Waals surface area (Å²) in [5.74, 6) is 0. The average molecular weight is 157 g/mol. The average Bonchev–Trinajstić information content (AvgIpc) is 1.87. The maximum absolute atomic E-state index is 9.06. The summed E-state index contributed by atoms with van der Waals surface area (Å²) in [5, 5.41) is 26.1. The maximum Gasteiger partial charge on any atom is 0.0670 e. The predicted octanol–water partition coefficient (Wildman–Crippen LogP) is 0.812. The molecule has 2 atom stereocenters. The Hall–Kier alpha value is -0.590. The number of nitriles is 1. The van der Waals surface area contributed by atoms with E-state index in [4.69, 9.17) is 15.5 Å². The van der Waals surface area contributed by atoms with Crippen molar-refractivity contribution in [2.75, 3.05) is 0 Å². The molecule has 64 valence electrons. The molecule has 2 N–H and O–H groups in total. The van der Waals surface area contributed by atoms with E-state index in [1.807, 2.05) is 6.07 Å². The third-order valence-electron chi connectivity index (χ3n) is 1.49. The second-order valence-electron chi connectivity index (χ2n) is 2.80. The van der Waals surface area contributed by atoms with Crippen molar-refractivity contribution in [3.05, 3.63) is 0 Å². The molecular formula is C8H15NO2. The largest absolute Gasteiger partial charge is 0.393 e. The van der Waals surface area contributed by atoms with Crippen molar-refractivity contribution in [2.24, 2.45) is 0 Å². The number of hydrogen-bond donors (Lipinski definition) is 2. The lowest BCUT2D eigenvalue weighted by Gasteiger charge is -2.06. The number of aliphatic hydroxyl groups is 2. The highest BCUT2D eigenvalue weighted by Crippen LogP contribution is 2.05. The molecule has 0 aromatic heterocycles. The SMILES string of the molecule is C[C@@H](O)CCC[C@H](O)CC#N. The zero-order valence-corrected chi connectivity index (χ0v) is 6.82. The number of aliphatic hydroxyl groups excluding tert-OH is 2. The van der Waals surface area contributed by atoms with Crippen LogP contribution in [0.25, 0.3) is 0 Å². The number of hydrogen-bond acceptors (Lipinski definition) is 3. The van der Waals surface area contributed by atoms with Gasteiger partial charge in [0.2, 0.25) is 0 Å². The van der Waals surface area contributed by atoms with Gasteiger partial charge in [0.15, 0.2) is 0 Å². The summed E-state index contributed by atoms with van der Waals surface area (Å²) in [5.41, 5.74) is 0. The molecule has 0 aliphatic carbocycles. The Balaban J connectivity index is 3.18. The van der Waals surface area contributed by atoms with Crippen LogP contribution >= 0.6 is 0 Å². The van der Waals surface area contributed by atoms with Crippen molar-refractivity contribution in [3.8, 4) is 6.07 Å². The van der Waals surface area contributed by atoms with E-state index in [1.54, 1.807) is 6.92 Å². The standard InChI is InChI=1S/C8H15NO2/c1-7(10)3-2-4-8(11)5-6-9/h7-8,10-11H,2-5H2,1H3/t7-,8+/m1/s1. The fraction of sp³-hybridized carbons (Fsp3) is 0.875. The molecule has 0 amide bonds. The molecule has 0 aromatic rings. The van der Waals surface area contributed by atoms with Gasteiger partial charge in [-0.25, -0.2) is 0 Å². The van der Waals surface area contributed by atoms with Crippen molar-refractivity contribution in [1.29, 1.82) is 5.26 Å². The van der Waals surface area contributed by atoms with Gasteiger partial charge in [0.1, 0.15) is 0 Å². The molecule has 0 fully saturated rings. The highest BCUT2D eigenvalue weighted by Gasteiger charge is 2.03. The van der Waals surface area contributed by atoms with Crippen molar-refractivity contribution >= 4 is 0 Å². The Kier molecular flexibility index (Phi) is 5.81. The molecule has 0 heterocycles. The van der Waals surface area contributed by atoms with Crippen LogP contribution in [-0.4, -0.2) is 22.4 Å². The van der Waals surface area contributed by atoms with Crippen molar-refractivity contribution in [1.82, 2.24) is 0 Å². The lowest BCUT2D eigenvalue weighted by atomic mass is 10.1. The fourth-order valence-corrected chi connectivity index (χ4v) is 0.856. The van der Waals surface area contributed by atoms with E-state index in [0.29, 0.717) is 12.8 Å². The van der Waals surface area contributed by atoms with Crippen molar-refractivity contribution in [3.63, 3.8) is 0 Å². The van der Waals surface area contributed by atoms with Gasteiger partial charge in [0, 0.05) is 0 Å². The first kappa shape index (κ1) is 10.4. The number of nitrogens with zero attached hydrogens (tertiary/aromatic N) is 1. The summed E-state index contributed by atoms with van der Waals surface area (Å²) in [6.45, 7) is 1.72. The highest BCUT2D eigenvalue weighted by atomic mass is 16.3. The van der Waals surface area contributed by atoms with Gasteiger partial charge in [-0.1, -0.05) is 0 Å². The molecule has 0 radical (unpaired) electrons. The zero-order chi connectivity index (χ0) is 8.69. The maximum atomic E-state index is 9.06. The minimum atomic E-state index is -0.515.